The molecule has 1 aromatic rings. The monoisotopic (exact) mass is 338 g/mol. The predicted octanol–water partition coefficient (Wildman–Crippen LogP) is 1.66. The lowest BCUT2D eigenvalue weighted by Crippen LogP contribution is -2.30. The van der Waals surface area contributed by atoms with Crippen molar-refractivity contribution in [2.24, 2.45) is 21.5 Å². The standard InChI is InChI=1S/C18H22N6O/c1-17(2,9-19)13-5-12(6-14(7-13)18(3,4)10-20)8-23-11-24-15(21)16(22)25/h5-7,11H,8H2,1-4H3,(H2,22,25)(H2,21,23,24). The van der Waals surface area contributed by atoms with Gasteiger partial charge < -0.3 is 11.5 Å². The number of rotatable bonds is 5. The van der Waals surface area contributed by atoms with Gasteiger partial charge in [0.05, 0.1) is 29.5 Å². The Hall–Kier alpha value is -3.19. The van der Waals surface area contributed by atoms with E-state index in [1.165, 1.54) is 0 Å². The molecule has 0 saturated heterocycles. The lowest BCUT2D eigenvalue weighted by Gasteiger charge is -2.22. The first kappa shape index (κ1) is 19.9. The van der Waals surface area contributed by atoms with Crippen LogP contribution < -0.4 is 11.5 Å². The molecule has 0 aliphatic rings. The third kappa shape index (κ3) is 5.15. The van der Waals surface area contributed by atoms with Gasteiger partial charge in [-0.1, -0.05) is 18.2 Å². The zero-order valence-corrected chi connectivity index (χ0v) is 14.9. The predicted molar refractivity (Wildman–Crippen MR) is 96.7 cm³/mol. The molecule has 0 fully saturated rings. The molecule has 1 rings (SSSR count). The molecule has 1 aromatic carbocycles. The van der Waals surface area contributed by atoms with Gasteiger partial charge in [0.15, 0.2) is 5.84 Å². The number of nitrogens with two attached hydrogens (primary N) is 2. The minimum absolute atomic E-state index is 0.263. The minimum atomic E-state index is -0.817. The number of carbonyl (C=O) groups excluding carboxylic acids is 1. The number of primary amides is 1. The van der Waals surface area contributed by atoms with Crippen molar-refractivity contribution >= 4 is 18.1 Å². The van der Waals surface area contributed by atoms with E-state index in [1.807, 2.05) is 45.9 Å². The number of benzene rings is 1. The van der Waals surface area contributed by atoms with Crippen molar-refractivity contribution in [2.45, 2.75) is 45.1 Å². The van der Waals surface area contributed by atoms with Crippen molar-refractivity contribution < 1.29 is 4.79 Å². The Kier molecular flexibility index (Phi) is 6.03. The molecule has 4 N–H and O–H groups in total. The van der Waals surface area contributed by atoms with Gasteiger partial charge in [-0.3, -0.25) is 9.79 Å². The van der Waals surface area contributed by atoms with E-state index in [9.17, 15) is 15.3 Å². The molecule has 25 heavy (non-hydrogen) atoms. The third-order valence-electron chi connectivity index (χ3n) is 3.80. The molecule has 0 heterocycles. The van der Waals surface area contributed by atoms with Gasteiger partial charge in [0.1, 0.15) is 6.34 Å². The number of aliphatic imine (C=N–C) groups is 2. The van der Waals surface area contributed by atoms with E-state index in [-0.39, 0.29) is 12.4 Å². The fraction of sp³-hybridized carbons (Fsp3) is 0.389. The zero-order valence-electron chi connectivity index (χ0n) is 14.9. The third-order valence-corrected chi connectivity index (χ3v) is 3.80. The summed E-state index contributed by atoms with van der Waals surface area (Å²) in [6.07, 6.45) is 1.16. The van der Waals surface area contributed by atoms with E-state index in [1.54, 1.807) is 0 Å². The summed E-state index contributed by atoms with van der Waals surface area (Å²) in [5.74, 6) is -1.14. The molecule has 0 aliphatic carbocycles. The molecule has 0 radical (unpaired) electrons. The number of nitrogens with zero attached hydrogens (tertiary/aromatic N) is 4. The van der Waals surface area contributed by atoms with Gasteiger partial charge >= 0.3 is 0 Å². The van der Waals surface area contributed by atoms with Crippen molar-refractivity contribution in [1.82, 2.24) is 0 Å². The van der Waals surface area contributed by atoms with Crippen molar-refractivity contribution in [3.05, 3.63) is 34.9 Å². The van der Waals surface area contributed by atoms with E-state index in [4.69, 9.17) is 11.5 Å². The van der Waals surface area contributed by atoms with Crippen molar-refractivity contribution in [1.29, 1.82) is 10.5 Å². The Morgan fingerprint density at radius 3 is 1.96 bits per heavy atom. The van der Waals surface area contributed by atoms with Gasteiger partial charge in [0.25, 0.3) is 5.91 Å². The molecular formula is C18H22N6O. The number of hydrogen-bond donors (Lipinski definition) is 2. The fourth-order valence-corrected chi connectivity index (χ4v) is 1.95. The summed E-state index contributed by atoms with van der Waals surface area (Å²) in [4.78, 5) is 18.5. The second-order valence-electron chi connectivity index (χ2n) is 6.73. The largest absolute Gasteiger partial charge is 0.379 e. The zero-order chi connectivity index (χ0) is 19.3. The smallest absolute Gasteiger partial charge is 0.283 e. The molecule has 1 amide bonds. The number of hydrogen-bond acceptors (Lipinski definition) is 4. The Morgan fingerprint density at radius 2 is 1.56 bits per heavy atom. The molecule has 0 atom stereocenters. The van der Waals surface area contributed by atoms with E-state index >= 15 is 0 Å². The van der Waals surface area contributed by atoms with Crippen LogP contribution >= 0.6 is 0 Å². The van der Waals surface area contributed by atoms with Crippen molar-refractivity contribution in [3.8, 4) is 12.1 Å². The van der Waals surface area contributed by atoms with Crippen LogP contribution in [0.1, 0.15) is 44.4 Å². The summed E-state index contributed by atoms with van der Waals surface area (Å²) < 4.78 is 0. The summed E-state index contributed by atoms with van der Waals surface area (Å²) in [6, 6.07) is 10.2. The van der Waals surface area contributed by atoms with Gasteiger partial charge in [0, 0.05) is 0 Å². The number of amidine groups is 1. The fourth-order valence-electron chi connectivity index (χ4n) is 1.95. The van der Waals surface area contributed by atoms with Gasteiger partial charge in [0.2, 0.25) is 0 Å². The first-order valence-corrected chi connectivity index (χ1v) is 7.62. The maximum atomic E-state index is 10.8. The maximum Gasteiger partial charge on any atom is 0.283 e. The Bertz CT molecular complexity index is 762. The SMILES string of the molecule is CC(C)(C#N)c1cc(CN=CN=C(N)C(N)=O)cc(C(C)(C)C#N)c1. The molecule has 0 unspecified atom stereocenters. The number of carbonyl (C=O) groups is 1. The van der Waals surface area contributed by atoms with Gasteiger partial charge in [-0.25, -0.2) is 4.99 Å². The summed E-state index contributed by atoms with van der Waals surface area (Å²) in [5, 5.41) is 18.8. The van der Waals surface area contributed by atoms with Crippen molar-refractivity contribution in [3.63, 3.8) is 0 Å². The van der Waals surface area contributed by atoms with E-state index in [0.717, 1.165) is 23.0 Å². The van der Waals surface area contributed by atoms with Crippen LogP contribution in [0, 0.1) is 22.7 Å². The van der Waals surface area contributed by atoms with Gasteiger partial charge in [-0.15, -0.1) is 0 Å². The van der Waals surface area contributed by atoms with E-state index in [0.29, 0.717) is 0 Å². The lowest BCUT2D eigenvalue weighted by molar-refractivity contribution is -0.112. The first-order valence-electron chi connectivity index (χ1n) is 7.62. The molecule has 0 aliphatic heterocycles. The molecule has 130 valence electrons. The molecular weight excluding hydrogens is 316 g/mol. The van der Waals surface area contributed by atoms with Crippen LogP contribution in [0.15, 0.2) is 28.2 Å². The quantitative estimate of drug-likeness (QED) is 0.622. The van der Waals surface area contributed by atoms with Gasteiger partial charge in [-0.2, -0.15) is 10.5 Å². The Labute approximate surface area is 147 Å². The van der Waals surface area contributed by atoms with Crippen LogP contribution in [0.5, 0.6) is 0 Å². The minimum Gasteiger partial charge on any atom is -0.379 e. The van der Waals surface area contributed by atoms with Crippen molar-refractivity contribution in [2.75, 3.05) is 0 Å². The van der Waals surface area contributed by atoms with Crippen LogP contribution in [0.3, 0.4) is 0 Å². The highest BCUT2D eigenvalue weighted by molar-refractivity contribution is 6.37. The highest BCUT2D eigenvalue weighted by Gasteiger charge is 2.26. The van der Waals surface area contributed by atoms with Crippen LogP contribution in [0.2, 0.25) is 0 Å². The average molecular weight is 338 g/mol. The summed E-state index contributed by atoms with van der Waals surface area (Å²) in [6.45, 7) is 7.53. The van der Waals surface area contributed by atoms with E-state index < -0.39 is 16.7 Å². The highest BCUT2D eigenvalue weighted by atomic mass is 16.1. The molecule has 0 aromatic heterocycles. The summed E-state index contributed by atoms with van der Waals surface area (Å²) in [7, 11) is 0. The highest BCUT2D eigenvalue weighted by Crippen LogP contribution is 2.30. The molecule has 7 heteroatoms. The number of nitriles is 2. The lowest BCUT2D eigenvalue weighted by atomic mass is 9.79. The van der Waals surface area contributed by atoms with Crippen LogP contribution in [0.4, 0.5) is 0 Å². The number of amides is 1. The molecule has 0 saturated carbocycles. The summed E-state index contributed by atoms with van der Waals surface area (Å²) >= 11 is 0. The second-order valence-corrected chi connectivity index (χ2v) is 6.73. The molecule has 7 nitrogen and oxygen atoms in total. The first-order chi connectivity index (χ1) is 11.5. The molecule has 0 spiro atoms. The topological polar surface area (TPSA) is 141 Å². The average Bonchev–Trinajstić information content (AvgIpc) is 2.58. The molecule has 0 bridgehead atoms. The normalized spacial score (nSPS) is 12.6. The Balaban J connectivity index is 3.26. The second kappa shape index (κ2) is 7.59. The van der Waals surface area contributed by atoms with Crippen LogP contribution in [-0.2, 0) is 22.2 Å². The van der Waals surface area contributed by atoms with Crippen LogP contribution in [-0.4, -0.2) is 18.1 Å². The maximum absolute atomic E-state index is 10.8. The summed E-state index contributed by atoms with van der Waals surface area (Å²) in [5.41, 5.74) is 11.3. The Morgan fingerprint density at radius 1 is 1.08 bits per heavy atom. The van der Waals surface area contributed by atoms with Crippen LogP contribution in [0.25, 0.3) is 0 Å². The van der Waals surface area contributed by atoms with E-state index in [2.05, 4.69) is 22.1 Å². The van der Waals surface area contributed by atoms with Gasteiger partial charge in [-0.05, 0) is 44.4 Å².